The van der Waals surface area contributed by atoms with Gasteiger partial charge >= 0.3 is 0 Å². The highest BCUT2D eigenvalue weighted by molar-refractivity contribution is 8.00. The molecule has 98 valence electrons. The van der Waals surface area contributed by atoms with Crippen molar-refractivity contribution in [3.63, 3.8) is 0 Å². The maximum atomic E-state index is 13.0. The summed E-state index contributed by atoms with van der Waals surface area (Å²) in [7, 11) is 0. The molecule has 0 saturated heterocycles. The van der Waals surface area contributed by atoms with E-state index in [1.165, 1.54) is 0 Å². The lowest BCUT2D eigenvalue weighted by Crippen LogP contribution is -2.31. The van der Waals surface area contributed by atoms with Crippen molar-refractivity contribution in [2.75, 3.05) is 12.8 Å². The van der Waals surface area contributed by atoms with E-state index in [1.807, 2.05) is 6.26 Å². The largest absolute Gasteiger partial charge is 0.351 e. The highest BCUT2D eigenvalue weighted by atomic mass is 32.2. The number of carbonyl (C=O) groups excluding carboxylic acids is 1. The van der Waals surface area contributed by atoms with Crippen molar-refractivity contribution in [1.82, 2.24) is 5.32 Å². The van der Waals surface area contributed by atoms with Crippen LogP contribution in [0.2, 0.25) is 0 Å². The van der Waals surface area contributed by atoms with Crippen LogP contribution in [0.4, 0.5) is 13.2 Å². The summed E-state index contributed by atoms with van der Waals surface area (Å²) < 4.78 is 38.7. The summed E-state index contributed by atoms with van der Waals surface area (Å²) in [6, 6.07) is 1.40. The molecule has 2 nitrogen and oxygen atoms in total. The van der Waals surface area contributed by atoms with E-state index in [9.17, 15) is 18.0 Å². The van der Waals surface area contributed by atoms with Crippen LogP contribution in [0, 0.1) is 17.5 Å². The number of rotatable bonds is 4. The van der Waals surface area contributed by atoms with Crippen molar-refractivity contribution in [2.45, 2.75) is 17.6 Å². The van der Waals surface area contributed by atoms with E-state index in [-0.39, 0.29) is 10.3 Å². The van der Waals surface area contributed by atoms with Gasteiger partial charge in [-0.05, 0) is 31.2 Å². The standard InChI is InChI=1S/C12H12F3NOS/c1-18-12(2-3-12)6-16-11(17)7-4-8(13)10(15)9(14)5-7/h4-5H,2-3,6H2,1H3,(H,16,17). The van der Waals surface area contributed by atoms with Crippen molar-refractivity contribution >= 4 is 17.7 Å². The smallest absolute Gasteiger partial charge is 0.251 e. The van der Waals surface area contributed by atoms with Crippen molar-refractivity contribution in [3.05, 3.63) is 35.1 Å². The monoisotopic (exact) mass is 275 g/mol. The van der Waals surface area contributed by atoms with Crippen LogP contribution in [0.1, 0.15) is 23.2 Å². The van der Waals surface area contributed by atoms with Gasteiger partial charge in [0.25, 0.3) is 5.91 Å². The Morgan fingerprint density at radius 3 is 2.33 bits per heavy atom. The summed E-state index contributed by atoms with van der Waals surface area (Å²) in [5.41, 5.74) is -0.205. The fourth-order valence-electron chi connectivity index (χ4n) is 1.62. The summed E-state index contributed by atoms with van der Waals surface area (Å²) in [4.78, 5) is 11.7. The number of nitrogens with one attached hydrogen (secondary N) is 1. The highest BCUT2D eigenvalue weighted by Gasteiger charge is 2.41. The van der Waals surface area contributed by atoms with Gasteiger partial charge in [0.05, 0.1) is 0 Å². The van der Waals surface area contributed by atoms with Gasteiger partial charge in [-0.1, -0.05) is 0 Å². The van der Waals surface area contributed by atoms with E-state index in [0.29, 0.717) is 18.7 Å². The summed E-state index contributed by atoms with van der Waals surface area (Å²) in [6.45, 7) is 0.452. The normalized spacial score (nSPS) is 16.4. The fourth-order valence-corrected chi connectivity index (χ4v) is 2.35. The maximum absolute atomic E-state index is 13.0. The summed E-state index contributed by atoms with van der Waals surface area (Å²) in [6.07, 6.45) is 3.98. The Morgan fingerprint density at radius 2 is 1.89 bits per heavy atom. The number of benzene rings is 1. The van der Waals surface area contributed by atoms with Crippen molar-refractivity contribution in [2.24, 2.45) is 0 Å². The van der Waals surface area contributed by atoms with Crippen LogP contribution < -0.4 is 5.32 Å². The molecule has 1 saturated carbocycles. The molecule has 0 radical (unpaired) electrons. The fraction of sp³-hybridized carbons (Fsp3) is 0.417. The zero-order valence-corrected chi connectivity index (χ0v) is 10.5. The van der Waals surface area contributed by atoms with Crippen LogP contribution in [-0.4, -0.2) is 23.5 Å². The average molecular weight is 275 g/mol. The van der Waals surface area contributed by atoms with Gasteiger partial charge in [-0.15, -0.1) is 0 Å². The predicted octanol–water partition coefficient (Wildman–Crippen LogP) is 2.73. The molecule has 6 heteroatoms. The molecular formula is C12H12F3NOS. The van der Waals surface area contributed by atoms with Crippen LogP contribution in [0.25, 0.3) is 0 Å². The van der Waals surface area contributed by atoms with E-state index in [4.69, 9.17) is 0 Å². The van der Waals surface area contributed by atoms with Gasteiger partial charge in [0.2, 0.25) is 0 Å². The molecule has 1 aliphatic rings. The molecule has 0 heterocycles. The molecule has 0 aliphatic heterocycles. The molecule has 1 amide bonds. The Hall–Kier alpha value is -1.17. The summed E-state index contributed by atoms with van der Waals surface area (Å²) in [5, 5.41) is 2.61. The number of carbonyl (C=O) groups is 1. The third-order valence-corrected chi connectivity index (χ3v) is 4.48. The number of thioether (sulfide) groups is 1. The maximum Gasteiger partial charge on any atom is 0.251 e. The molecule has 18 heavy (non-hydrogen) atoms. The molecule has 1 aromatic rings. The van der Waals surface area contributed by atoms with Gasteiger partial charge in [-0.25, -0.2) is 13.2 Å². The molecule has 1 fully saturated rings. The van der Waals surface area contributed by atoms with Crippen LogP contribution in [-0.2, 0) is 0 Å². The number of amides is 1. The second-order valence-corrected chi connectivity index (χ2v) is 5.60. The predicted molar refractivity (Wildman–Crippen MR) is 64.1 cm³/mol. The lowest BCUT2D eigenvalue weighted by molar-refractivity contribution is 0.0952. The molecule has 1 N–H and O–H groups in total. The topological polar surface area (TPSA) is 29.1 Å². The molecule has 1 aliphatic carbocycles. The Morgan fingerprint density at radius 1 is 1.33 bits per heavy atom. The van der Waals surface area contributed by atoms with Crippen molar-refractivity contribution in [1.29, 1.82) is 0 Å². The molecule has 1 aromatic carbocycles. The van der Waals surface area contributed by atoms with Crippen LogP contribution in [0.15, 0.2) is 12.1 Å². The average Bonchev–Trinajstić information content (AvgIpc) is 3.13. The SMILES string of the molecule is CSC1(CNC(=O)c2cc(F)c(F)c(F)c2)CC1. The molecule has 0 atom stereocenters. The Bertz CT molecular complexity index is 465. The summed E-state index contributed by atoms with van der Waals surface area (Å²) >= 11 is 1.66. The Labute approximate surface area is 107 Å². The summed E-state index contributed by atoms with van der Waals surface area (Å²) in [5.74, 6) is -4.86. The van der Waals surface area contributed by atoms with E-state index in [1.54, 1.807) is 11.8 Å². The zero-order valence-electron chi connectivity index (χ0n) is 9.73. The Kier molecular flexibility index (Phi) is 3.56. The van der Waals surface area contributed by atoms with Gasteiger partial charge in [0.15, 0.2) is 17.5 Å². The number of halogens is 3. The molecule has 2 rings (SSSR count). The first-order chi connectivity index (χ1) is 8.47. The van der Waals surface area contributed by atoms with Gasteiger partial charge in [-0.2, -0.15) is 11.8 Å². The highest BCUT2D eigenvalue weighted by Crippen LogP contribution is 2.46. The zero-order chi connectivity index (χ0) is 13.3. The second kappa shape index (κ2) is 4.84. The van der Waals surface area contributed by atoms with Gasteiger partial charge < -0.3 is 5.32 Å². The third kappa shape index (κ3) is 2.63. The van der Waals surface area contributed by atoms with Crippen LogP contribution >= 0.6 is 11.8 Å². The quantitative estimate of drug-likeness (QED) is 0.856. The molecule has 0 bridgehead atoms. The molecule has 0 aromatic heterocycles. The lowest BCUT2D eigenvalue weighted by atomic mass is 10.2. The third-order valence-electron chi connectivity index (χ3n) is 3.06. The second-order valence-electron chi connectivity index (χ2n) is 4.32. The van der Waals surface area contributed by atoms with E-state index in [2.05, 4.69) is 5.32 Å². The molecule has 0 unspecified atom stereocenters. The first-order valence-electron chi connectivity index (χ1n) is 5.45. The molecule has 0 spiro atoms. The van der Waals surface area contributed by atoms with Crippen LogP contribution in [0.3, 0.4) is 0 Å². The van der Waals surface area contributed by atoms with Gasteiger partial charge in [0, 0.05) is 16.9 Å². The van der Waals surface area contributed by atoms with Gasteiger partial charge in [0.1, 0.15) is 0 Å². The minimum atomic E-state index is -1.56. The lowest BCUT2D eigenvalue weighted by Gasteiger charge is -2.13. The van der Waals surface area contributed by atoms with E-state index >= 15 is 0 Å². The number of hydrogen-bond acceptors (Lipinski definition) is 2. The van der Waals surface area contributed by atoms with E-state index < -0.39 is 23.4 Å². The van der Waals surface area contributed by atoms with Crippen molar-refractivity contribution in [3.8, 4) is 0 Å². The Balaban J connectivity index is 2.05. The first kappa shape index (κ1) is 13.3. The molecular weight excluding hydrogens is 263 g/mol. The van der Waals surface area contributed by atoms with Crippen molar-refractivity contribution < 1.29 is 18.0 Å². The minimum Gasteiger partial charge on any atom is -0.351 e. The van der Waals surface area contributed by atoms with E-state index in [0.717, 1.165) is 12.8 Å². The first-order valence-corrected chi connectivity index (χ1v) is 6.68. The number of hydrogen-bond donors (Lipinski definition) is 1. The van der Waals surface area contributed by atoms with Gasteiger partial charge in [-0.3, -0.25) is 4.79 Å². The van der Waals surface area contributed by atoms with Crippen LogP contribution in [0.5, 0.6) is 0 Å². The minimum absolute atomic E-state index is 0.0623.